The lowest BCUT2D eigenvalue weighted by Gasteiger charge is -2.23. The van der Waals surface area contributed by atoms with Gasteiger partial charge in [0.05, 0.1) is 12.1 Å². The molecule has 0 saturated carbocycles. The summed E-state index contributed by atoms with van der Waals surface area (Å²) >= 11 is 0. The Kier molecular flexibility index (Phi) is 3.40. The molecule has 0 aromatic heterocycles. The van der Waals surface area contributed by atoms with Crippen LogP contribution in [-0.4, -0.2) is 30.3 Å². The van der Waals surface area contributed by atoms with Crippen molar-refractivity contribution in [3.8, 4) is 0 Å². The smallest absolute Gasteiger partial charge is 0.0629 e. The number of hydrogen-bond donors (Lipinski definition) is 2. The van der Waals surface area contributed by atoms with E-state index in [1.165, 1.54) is 11.3 Å². The number of rotatable bonds is 3. The summed E-state index contributed by atoms with van der Waals surface area (Å²) in [5.41, 5.74) is 8.21. The van der Waals surface area contributed by atoms with Gasteiger partial charge in [0.15, 0.2) is 0 Å². The zero-order valence-corrected chi connectivity index (χ0v) is 10.7. The number of anilines is 1. The van der Waals surface area contributed by atoms with Crippen molar-refractivity contribution in [2.24, 2.45) is 5.73 Å². The fraction of sp³-hybridized carbons (Fsp3) is 0.571. The van der Waals surface area contributed by atoms with E-state index >= 15 is 0 Å². The lowest BCUT2D eigenvalue weighted by molar-refractivity contribution is 0.210. The Morgan fingerprint density at radius 3 is 2.47 bits per heavy atom. The molecule has 17 heavy (non-hydrogen) atoms. The van der Waals surface area contributed by atoms with Gasteiger partial charge in [0.1, 0.15) is 0 Å². The van der Waals surface area contributed by atoms with Gasteiger partial charge in [0.25, 0.3) is 0 Å². The molecular formula is C14H22N2O. The molecule has 0 aliphatic carbocycles. The molecule has 3 N–H and O–H groups in total. The lowest BCUT2D eigenvalue weighted by Crippen LogP contribution is -2.46. The van der Waals surface area contributed by atoms with Crippen molar-refractivity contribution in [2.75, 3.05) is 24.6 Å². The van der Waals surface area contributed by atoms with Crippen molar-refractivity contribution in [3.63, 3.8) is 0 Å². The third kappa shape index (κ3) is 2.61. The third-order valence-corrected chi connectivity index (χ3v) is 3.63. The van der Waals surface area contributed by atoms with Gasteiger partial charge in [-0.2, -0.15) is 0 Å². The molecule has 3 heteroatoms. The van der Waals surface area contributed by atoms with E-state index in [9.17, 15) is 5.11 Å². The molecule has 1 aliphatic heterocycles. The fourth-order valence-corrected chi connectivity index (χ4v) is 2.32. The summed E-state index contributed by atoms with van der Waals surface area (Å²) in [4.78, 5) is 2.25. The number of aliphatic hydroxyl groups is 1. The van der Waals surface area contributed by atoms with Crippen molar-refractivity contribution in [1.82, 2.24) is 0 Å². The molecule has 2 rings (SSSR count). The van der Waals surface area contributed by atoms with E-state index in [-0.39, 0.29) is 6.61 Å². The van der Waals surface area contributed by atoms with Crippen LogP contribution >= 0.6 is 0 Å². The standard InChI is InChI=1S/C14H22N2O/c1-11(2)12-3-5-13(6-4-12)16-8-7-14(15,9-16)10-17/h3-6,11,17H,7-10,15H2,1-2H3. The quantitative estimate of drug-likeness (QED) is 0.837. The summed E-state index contributed by atoms with van der Waals surface area (Å²) in [6, 6.07) is 8.65. The highest BCUT2D eigenvalue weighted by Gasteiger charge is 2.33. The van der Waals surface area contributed by atoms with Crippen molar-refractivity contribution < 1.29 is 5.11 Å². The van der Waals surface area contributed by atoms with E-state index in [1.54, 1.807) is 0 Å². The van der Waals surface area contributed by atoms with Crippen LogP contribution in [0.25, 0.3) is 0 Å². The molecule has 94 valence electrons. The number of benzene rings is 1. The van der Waals surface area contributed by atoms with Crippen LogP contribution in [0.4, 0.5) is 5.69 Å². The number of nitrogens with two attached hydrogens (primary N) is 1. The highest BCUT2D eigenvalue weighted by molar-refractivity contribution is 5.49. The Morgan fingerprint density at radius 2 is 2.00 bits per heavy atom. The maximum Gasteiger partial charge on any atom is 0.0629 e. The van der Waals surface area contributed by atoms with E-state index < -0.39 is 5.54 Å². The molecular weight excluding hydrogens is 212 g/mol. The summed E-state index contributed by atoms with van der Waals surface area (Å²) in [5, 5.41) is 9.26. The fourth-order valence-electron chi connectivity index (χ4n) is 2.32. The Balaban J connectivity index is 2.09. The van der Waals surface area contributed by atoms with Gasteiger partial charge < -0.3 is 15.7 Å². The second-order valence-electron chi connectivity index (χ2n) is 5.44. The number of nitrogens with zero attached hydrogens (tertiary/aromatic N) is 1. The monoisotopic (exact) mass is 234 g/mol. The summed E-state index contributed by atoms with van der Waals surface area (Å²) in [7, 11) is 0. The van der Waals surface area contributed by atoms with Crippen molar-refractivity contribution in [2.45, 2.75) is 31.7 Å². The molecule has 1 unspecified atom stereocenters. The van der Waals surface area contributed by atoms with Crippen LogP contribution in [0.1, 0.15) is 31.7 Å². The topological polar surface area (TPSA) is 49.5 Å². The molecule has 1 aromatic carbocycles. The molecule has 1 aliphatic rings. The Hall–Kier alpha value is -1.06. The third-order valence-electron chi connectivity index (χ3n) is 3.63. The first kappa shape index (κ1) is 12.4. The van der Waals surface area contributed by atoms with Crippen molar-refractivity contribution >= 4 is 5.69 Å². The van der Waals surface area contributed by atoms with Crippen LogP contribution < -0.4 is 10.6 Å². The van der Waals surface area contributed by atoms with Crippen LogP contribution in [0.3, 0.4) is 0 Å². The van der Waals surface area contributed by atoms with Gasteiger partial charge in [-0.05, 0) is 30.0 Å². The molecule has 0 spiro atoms. The lowest BCUT2D eigenvalue weighted by atomic mass is 10.0. The number of hydrogen-bond acceptors (Lipinski definition) is 3. The van der Waals surface area contributed by atoms with E-state index in [0.717, 1.165) is 19.5 Å². The Bertz CT molecular complexity index is 374. The minimum absolute atomic E-state index is 0.0631. The first-order chi connectivity index (χ1) is 8.04. The summed E-state index contributed by atoms with van der Waals surface area (Å²) in [5.74, 6) is 0.564. The Morgan fingerprint density at radius 1 is 1.35 bits per heavy atom. The minimum Gasteiger partial charge on any atom is -0.394 e. The number of aliphatic hydroxyl groups excluding tert-OH is 1. The molecule has 0 radical (unpaired) electrons. The Labute approximate surface area is 103 Å². The van der Waals surface area contributed by atoms with Crippen LogP contribution in [0.5, 0.6) is 0 Å². The van der Waals surface area contributed by atoms with Crippen LogP contribution in [0.2, 0.25) is 0 Å². The van der Waals surface area contributed by atoms with Crippen molar-refractivity contribution in [3.05, 3.63) is 29.8 Å². The van der Waals surface area contributed by atoms with E-state index in [0.29, 0.717) is 5.92 Å². The van der Waals surface area contributed by atoms with Gasteiger partial charge in [-0.15, -0.1) is 0 Å². The van der Waals surface area contributed by atoms with Gasteiger partial charge in [0, 0.05) is 18.8 Å². The molecule has 1 aromatic rings. The largest absolute Gasteiger partial charge is 0.394 e. The zero-order valence-electron chi connectivity index (χ0n) is 10.7. The normalized spacial score (nSPS) is 24.6. The summed E-state index contributed by atoms with van der Waals surface area (Å²) in [6.07, 6.45) is 0.857. The first-order valence-corrected chi connectivity index (χ1v) is 6.29. The molecule has 1 atom stereocenters. The van der Waals surface area contributed by atoms with E-state index in [4.69, 9.17) is 5.73 Å². The second kappa shape index (κ2) is 4.67. The molecule has 0 amide bonds. The maximum absolute atomic E-state index is 9.26. The van der Waals surface area contributed by atoms with E-state index in [2.05, 4.69) is 43.0 Å². The van der Waals surface area contributed by atoms with Crippen LogP contribution in [0, 0.1) is 0 Å². The maximum atomic E-state index is 9.26. The SMILES string of the molecule is CC(C)c1ccc(N2CCC(N)(CO)C2)cc1. The van der Waals surface area contributed by atoms with Crippen LogP contribution in [0.15, 0.2) is 24.3 Å². The molecule has 3 nitrogen and oxygen atoms in total. The van der Waals surface area contributed by atoms with Crippen LogP contribution in [-0.2, 0) is 0 Å². The molecule has 1 saturated heterocycles. The average Bonchev–Trinajstić information content (AvgIpc) is 2.73. The summed E-state index contributed by atoms with van der Waals surface area (Å²) in [6.45, 7) is 6.12. The second-order valence-corrected chi connectivity index (χ2v) is 5.44. The van der Waals surface area contributed by atoms with Gasteiger partial charge in [0.2, 0.25) is 0 Å². The van der Waals surface area contributed by atoms with Gasteiger partial charge in [-0.1, -0.05) is 26.0 Å². The van der Waals surface area contributed by atoms with Gasteiger partial charge in [-0.3, -0.25) is 0 Å². The molecule has 1 heterocycles. The van der Waals surface area contributed by atoms with E-state index in [1.807, 2.05) is 0 Å². The first-order valence-electron chi connectivity index (χ1n) is 6.29. The highest BCUT2D eigenvalue weighted by atomic mass is 16.3. The highest BCUT2D eigenvalue weighted by Crippen LogP contribution is 2.26. The van der Waals surface area contributed by atoms with Crippen molar-refractivity contribution in [1.29, 1.82) is 0 Å². The minimum atomic E-state index is -0.420. The predicted octanol–water partition coefficient (Wildman–Crippen LogP) is 1.71. The predicted molar refractivity (Wildman–Crippen MR) is 71.4 cm³/mol. The summed E-state index contributed by atoms with van der Waals surface area (Å²) < 4.78 is 0. The zero-order chi connectivity index (χ0) is 12.5. The molecule has 0 bridgehead atoms. The van der Waals surface area contributed by atoms with Gasteiger partial charge >= 0.3 is 0 Å². The average molecular weight is 234 g/mol. The van der Waals surface area contributed by atoms with Gasteiger partial charge in [-0.25, -0.2) is 0 Å². The molecule has 1 fully saturated rings.